The zero-order valence-electron chi connectivity index (χ0n) is 11.0. The van der Waals surface area contributed by atoms with E-state index in [4.69, 9.17) is 5.73 Å². The Hall–Kier alpha value is -1.21. The molecule has 0 bridgehead atoms. The Labute approximate surface area is 117 Å². The van der Waals surface area contributed by atoms with Crippen molar-refractivity contribution in [2.75, 3.05) is 12.3 Å². The standard InChI is InChI=1S/C13H18F2N2O2S/c14-11-7-10(16)8-12(15)13(11)20(18,19)17-6-5-9-3-1-2-4-9/h7-9,17H,1-6,16H2. The number of halogens is 2. The van der Waals surface area contributed by atoms with Gasteiger partial charge in [0.1, 0.15) is 11.6 Å². The average Bonchev–Trinajstić information content (AvgIpc) is 2.79. The summed E-state index contributed by atoms with van der Waals surface area (Å²) in [4.78, 5) is -0.960. The molecule has 112 valence electrons. The predicted octanol–water partition coefficient (Wildman–Crippen LogP) is 2.41. The minimum Gasteiger partial charge on any atom is -0.399 e. The van der Waals surface area contributed by atoms with Crippen molar-refractivity contribution in [3.8, 4) is 0 Å². The lowest BCUT2D eigenvalue weighted by molar-refractivity contribution is 0.488. The molecule has 2 rings (SSSR count). The normalized spacial score (nSPS) is 16.7. The first-order valence-corrected chi connectivity index (χ1v) is 8.12. The molecular weight excluding hydrogens is 286 g/mol. The van der Waals surface area contributed by atoms with Crippen LogP contribution in [0.4, 0.5) is 14.5 Å². The van der Waals surface area contributed by atoms with Crippen molar-refractivity contribution in [1.29, 1.82) is 0 Å². The number of nitrogens with one attached hydrogen (secondary N) is 1. The molecule has 1 aliphatic carbocycles. The molecule has 7 heteroatoms. The Kier molecular flexibility index (Phi) is 4.59. The number of hydrogen-bond donors (Lipinski definition) is 2. The van der Waals surface area contributed by atoms with Crippen LogP contribution in [0.5, 0.6) is 0 Å². The smallest absolute Gasteiger partial charge is 0.246 e. The van der Waals surface area contributed by atoms with Crippen LogP contribution in [0, 0.1) is 17.6 Å². The van der Waals surface area contributed by atoms with Crippen LogP contribution in [0.1, 0.15) is 32.1 Å². The summed E-state index contributed by atoms with van der Waals surface area (Å²) in [6.07, 6.45) is 5.20. The molecule has 0 heterocycles. The van der Waals surface area contributed by atoms with E-state index in [9.17, 15) is 17.2 Å². The summed E-state index contributed by atoms with van der Waals surface area (Å²) in [5.41, 5.74) is 5.11. The molecule has 20 heavy (non-hydrogen) atoms. The number of nitrogens with two attached hydrogens (primary N) is 1. The zero-order chi connectivity index (χ0) is 14.8. The van der Waals surface area contributed by atoms with E-state index in [0.29, 0.717) is 12.3 Å². The summed E-state index contributed by atoms with van der Waals surface area (Å²) in [6.45, 7) is 0.191. The zero-order valence-corrected chi connectivity index (χ0v) is 11.8. The predicted molar refractivity (Wildman–Crippen MR) is 72.5 cm³/mol. The van der Waals surface area contributed by atoms with Gasteiger partial charge in [0.25, 0.3) is 0 Å². The fourth-order valence-electron chi connectivity index (χ4n) is 2.60. The second-order valence-electron chi connectivity index (χ2n) is 5.15. The summed E-state index contributed by atoms with van der Waals surface area (Å²) in [6, 6.07) is 1.60. The topological polar surface area (TPSA) is 72.2 Å². The first-order valence-electron chi connectivity index (χ1n) is 6.64. The van der Waals surface area contributed by atoms with Crippen LogP contribution in [0.25, 0.3) is 0 Å². The van der Waals surface area contributed by atoms with Gasteiger partial charge in [-0.2, -0.15) is 0 Å². The van der Waals surface area contributed by atoms with Crippen LogP contribution in [-0.2, 0) is 10.0 Å². The van der Waals surface area contributed by atoms with E-state index >= 15 is 0 Å². The van der Waals surface area contributed by atoms with Gasteiger partial charge in [-0.05, 0) is 24.5 Å². The number of rotatable bonds is 5. The lowest BCUT2D eigenvalue weighted by atomic mass is 10.1. The first-order chi connectivity index (χ1) is 9.40. The molecule has 0 amide bonds. The molecule has 1 fully saturated rings. The molecule has 0 atom stereocenters. The van der Waals surface area contributed by atoms with Gasteiger partial charge in [-0.1, -0.05) is 25.7 Å². The van der Waals surface area contributed by atoms with Crippen LogP contribution in [0.3, 0.4) is 0 Å². The minimum absolute atomic E-state index is 0.148. The van der Waals surface area contributed by atoms with Crippen molar-refractivity contribution in [3.05, 3.63) is 23.8 Å². The quantitative estimate of drug-likeness (QED) is 0.821. The number of hydrogen-bond acceptors (Lipinski definition) is 3. The molecule has 1 saturated carbocycles. The SMILES string of the molecule is Nc1cc(F)c(S(=O)(=O)NCCC2CCCC2)c(F)c1. The Morgan fingerprint density at radius 3 is 2.30 bits per heavy atom. The van der Waals surface area contributed by atoms with Gasteiger partial charge in [-0.3, -0.25) is 0 Å². The van der Waals surface area contributed by atoms with Crippen molar-refractivity contribution in [1.82, 2.24) is 4.72 Å². The molecule has 0 aliphatic heterocycles. The van der Waals surface area contributed by atoms with Gasteiger partial charge in [0.05, 0.1) is 0 Å². The van der Waals surface area contributed by atoms with E-state index in [1.54, 1.807) is 0 Å². The van der Waals surface area contributed by atoms with E-state index in [1.807, 2.05) is 0 Å². The molecule has 1 aromatic carbocycles. The summed E-state index contributed by atoms with van der Waals surface area (Å²) in [5, 5.41) is 0. The van der Waals surface area contributed by atoms with Gasteiger partial charge < -0.3 is 5.73 Å². The largest absolute Gasteiger partial charge is 0.399 e. The minimum atomic E-state index is -4.19. The molecule has 0 aromatic heterocycles. The number of sulfonamides is 1. The van der Waals surface area contributed by atoms with Gasteiger partial charge >= 0.3 is 0 Å². The fourth-order valence-corrected chi connectivity index (χ4v) is 3.77. The first kappa shape index (κ1) is 15.2. The Morgan fingerprint density at radius 2 is 1.75 bits per heavy atom. The molecule has 0 saturated heterocycles. The third kappa shape index (κ3) is 3.46. The van der Waals surface area contributed by atoms with Crippen LogP contribution >= 0.6 is 0 Å². The second-order valence-corrected chi connectivity index (χ2v) is 6.85. The summed E-state index contributed by atoms with van der Waals surface area (Å²) in [5.74, 6) is -1.84. The van der Waals surface area contributed by atoms with Crippen molar-refractivity contribution >= 4 is 15.7 Å². The van der Waals surface area contributed by atoms with Gasteiger partial charge in [0.2, 0.25) is 10.0 Å². The van der Waals surface area contributed by atoms with Crippen molar-refractivity contribution < 1.29 is 17.2 Å². The van der Waals surface area contributed by atoms with Gasteiger partial charge in [0.15, 0.2) is 4.90 Å². The van der Waals surface area contributed by atoms with Gasteiger partial charge in [-0.25, -0.2) is 21.9 Å². The third-order valence-electron chi connectivity index (χ3n) is 3.61. The van der Waals surface area contributed by atoms with E-state index in [0.717, 1.165) is 25.0 Å². The average molecular weight is 304 g/mol. The lowest BCUT2D eigenvalue weighted by Gasteiger charge is -2.11. The Balaban J connectivity index is 2.06. The summed E-state index contributed by atoms with van der Waals surface area (Å²) < 4.78 is 53.3. The highest BCUT2D eigenvalue weighted by molar-refractivity contribution is 7.89. The van der Waals surface area contributed by atoms with Crippen molar-refractivity contribution in [2.45, 2.75) is 37.0 Å². The van der Waals surface area contributed by atoms with Crippen LogP contribution in [-0.4, -0.2) is 15.0 Å². The highest BCUT2D eigenvalue weighted by Crippen LogP contribution is 2.27. The third-order valence-corrected chi connectivity index (χ3v) is 5.12. The molecule has 3 N–H and O–H groups in total. The fraction of sp³-hybridized carbons (Fsp3) is 0.538. The van der Waals surface area contributed by atoms with Gasteiger partial charge in [-0.15, -0.1) is 0 Å². The Morgan fingerprint density at radius 1 is 1.20 bits per heavy atom. The van der Waals surface area contributed by atoms with Gasteiger partial charge in [0, 0.05) is 12.2 Å². The van der Waals surface area contributed by atoms with Crippen LogP contribution in [0.2, 0.25) is 0 Å². The molecule has 4 nitrogen and oxygen atoms in total. The molecule has 0 spiro atoms. The second kappa shape index (κ2) is 6.05. The maximum atomic E-state index is 13.6. The van der Waals surface area contributed by atoms with E-state index in [1.165, 1.54) is 12.8 Å². The summed E-state index contributed by atoms with van der Waals surface area (Å²) in [7, 11) is -4.19. The Bertz CT molecular complexity index is 561. The van der Waals surface area contributed by atoms with Crippen molar-refractivity contribution in [2.24, 2.45) is 5.92 Å². The summed E-state index contributed by atoms with van der Waals surface area (Å²) >= 11 is 0. The maximum absolute atomic E-state index is 13.6. The highest BCUT2D eigenvalue weighted by Gasteiger charge is 2.25. The van der Waals surface area contributed by atoms with E-state index in [2.05, 4.69) is 4.72 Å². The maximum Gasteiger partial charge on any atom is 0.246 e. The highest BCUT2D eigenvalue weighted by atomic mass is 32.2. The lowest BCUT2D eigenvalue weighted by Crippen LogP contribution is -2.27. The van der Waals surface area contributed by atoms with Crippen LogP contribution in [0.15, 0.2) is 17.0 Å². The number of anilines is 1. The van der Waals surface area contributed by atoms with E-state index in [-0.39, 0.29) is 12.2 Å². The van der Waals surface area contributed by atoms with Crippen LogP contribution < -0.4 is 10.5 Å². The molecular formula is C13H18F2N2O2S. The van der Waals surface area contributed by atoms with E-state index < -0.39 is 26.6 Å². The molecule has 1 aliphatic rings. The van der Waals surface area contributed by atoms with Crippen molar-refractivity contribution in [3.63, 3.8) is 0 Å². The number of benzene rings is 1. The number of nitrogen functional groups attached to an aromatic ring is 1. The molecule has 0 radical (unpaired) electrons. The molecule has 0 unspecified atom stereocenters. The molecule has 1 aromatic rings. The monoisotopic (exact) mass is 304 g/mol.